The van der Waals surface area contributed by atoms with Crippen LogP contribution in [0.4, 0.5) is 0 Å². The first-order valence-electron chi connectivity index (χ1n) is 11.4. The van der Waals surface area contributed by atoms with Gasteiger partial charge in [-0.15, -0.1) is 0 Å². The van der Waals surface area contributed by atoms with Gasteiger partial charge in [-0.05, 0) is 42.7 Å². The molecule has 1 atom stereocenters. The summed E-state index contributed by atoms with van der Waals surface area (Å²) in [5.74, 6) is -2.03. The number of aryl methyl sites for hydroxylation is 2. The van der Waals surface area contributed by atoms with Gasteiger partial charge in [-0.25, -0.2) is 0 Å². The Balaban J connectivity index is 1.79. The topological polar surface area (TPSA) is 138 Å². The molecular formula is C27H27N3O6. The van der Waals surface area contributed by atoms with E-state index in [1.807, 2.05) is 30.3 Å². The largest absolute Gasteiger partial charge is 0.507 e. The van der Waals surface area contributed by atoms with Gasteiger partial charge < -0.3 is 24.6 Å². The van der Waals surface area contributed by atoms with Gasteiger partial charge in [0.05, 0.1) is 31.0 Å². The number of hydrogen-bond acceptors (Lipinski definition) is 7. The van der Waals surface area contributed by atoms with Crippen molar-refractivity contribution in [1.82, 2.24) is 14.8 Å². The number of nitrogens with zero attached hydrogens (tertiary/aromatic N) is 2. The van der Waals surface area contributed by atoms with Crippen molar-refractivity contribution in [2.75, 3.05) is 7.11 Å². The number of methoxy groups -OCH3 is 1. The van der Waals surface area contributed by atoms with Crippen molar-refractivity contribution in [2.24, 2.45) is 0 Å². The van der Waals surface area contributed by atoms with E-state index < -0.39 is 17.4 Å². The Bertz CT molecular complexity index is 1440. The predicted molar refractivity (Wildman–Crippen MR) is 133 cm³/mol. The van der Waals surface area contributed by atoms with Gasteiger partial charge in [0.15, 0.2) is 11.5 Å². The lowest BCUT2D eigenvalue weighted by Gasteiger charge is -2.20. The lowest BCUT2D eigenvalue weighted by molar-refractivity contribution is -0.140. The third-order valence-corrected chi connectivity index (χ3v) is 6.24. The Labute approximate surface area is 207 Å². The highest BCUT2D eigenvalue weighted by Gasteiger charge is 2.29. The molecule has 0 aliphatic rings. The second-order valence-corrected chi connectivity index (χ2v) is 8.51. The Kier molecular flexibility index (Phi) is 7.10. The number of aromatic amines is 1. The van der Waals surface area contributed by atoms with Crippen LogP contribution in [0.5, 0.6) is 17.2 Å². The molecule has 9 heteroatoms. The van der Waals surface area contributed by atoms with Crippen LogP contribution in [-0.4, -0.2) is 43.2 Å². The van der Waals surface area contributed by atoms with E-state index in [-0.39, 0.29) is 35.8 Å². The van der Waals surface area contributed by atoms with Gasteiger partial charge in [0.2, 0.25) is 0 Å². The number of aromatic nitrogens is 3. The van der Waals surface area contributed by atoms with Crippen molar-refractivity contribution in [3.05, 3.63) is 93.5 Å². The number of H-pyrrole nitrogens is 1. The zero-order valence-corrected chi connectivity index (χ0v) is 19.9. The van der Waals surface area contributed by atoms with E-state index in [1.54, 1.807) is 19.2 Å². The second kappa shape index (κ2) is 10.4. The van der Waals surface area contributed by atoms with Gasteiger partial charge in [-0.2, -0.15) is 5.10 Å². The minimum atomic E-state index is -0.816. The summed E-state index contributed by atoms with van der Waals surface area (Å²) in [4.78, 5) is 26.1. The van der Waals surface area contributed by atoms with Crippen molar-refractivity contribution in [3.63, 3.8) is 0 Å². The summed E-state index contributed by atoms with van der Waals surface area (Å²) in [5.41, 5.74) is 2.92. The Morgan fingerprint density at radius 2 is 1.81 bits per heavy atom. The fourth-order valence-corrected chi connectivity index (χ4v) is 4.35. The number of phenols is 2. The lowest BCUT2D eigenvalue weighted by atomic mass is 9.87. The molecule has 0 unspecified atom stereocenters. The molecule has 0 aliphatic heterocycles. The first kappa shape index (κ1) is 24.6. The molecule has 0 saturated heterocycles. The summed E-state index contributed by atoms with van der Waals surface area (Å²) in [7, 11) is 1.27. The lowest BCUT2D eigenvalue weighted by Crippen LogP contribution is -2.29. The van der Waals surface area contributed by atoms with Gasteiger partial charge in [-0.1, -0.05) is 36.4 Å². The molecule has 0 saturated carbocycles. The van der Waals surface area contributed by atoms with Crippen LogP contribution in [0, 0.1) is 6.92 Å². The van der Waals surface area contributed by atoms with Crippen LogP contribution in [0.15, 0.2) is 65.6 Å². The number of carbonyl (C=O) groups is 1. The Hall–Kier alpha value is -4.53. The molecule has 36 heavy (non-hydrogen) atoms. The molecule has 2 aromatic carbocycles. The highest BCUT2D eigenvalue weighted by atomic mass is 16.5. The number of benzene rings is 2. The molecule has 0 aliphatic carbocycles. The zero-order valence-electron chi connectivity index (χ0n) is 19.9. The van der Waals surface area contributed by atoms with E-state index in [1.165, 1.54) is 29.9 Å². The van der Waals surface area contributed by atoms with Crippen LogP contribution in [0.25, 0.3) is 11.3 Å². The van der Waals surface area contributed by atoms with Crippen molar-refractivity contribution in [2.45, 2.75) is 32.2 Å². The number of nitrogens with one attached hydrogen (secondary N) is 1. The fraction of sp³-hybridized carbons (Fsp3) is 0.222. The number of ether oxygens (including phenoxy) is 1. The van der Waals surface area contributed by atoms with Crippen molar-refractivity contribution in [3.8, 4) is 28.5 Å². The van der Waals surface area contributed by atoms with Gasteiger partial charge >= 0.3 is 5.97 Å². The summed E-state index contributed by atoms with van der Waals surface area (Å²) >= 11 is 0. The SMILES string of the molecule is COC(=O)C[C@@H](c1cn[nH]c1-c1ccccc1)c1c(O)cc(C)n(CCc2ccc(O)c(O)c2)c1=O. The summed E-state index contributed by atoms with van der Waals surface area (Å²) in [6, 6.07) is 15.4. The maximum absolute atomic E-state index is 13.7. The zero-order chi connectivity index (χ0) is 25.8. The monoisotopic (exact) mass is 489 g/mol. The van der Waals surface area contributed by atoms with E-state index >= 15 is 0 Å². The highest BCUT2D eigenvalue weighted by molar-refractivity contribution is 5.73. The molecule has 186 valence electrons. The average molecular weight is 490 g/mol. The minimum Gasteiger partial charge on any atom is -0.507 e. The van der Waals surface area contributed by atoms with Crippen LogP contribution in [0.2, 0.25) is 0 Å². The summed E-state index contributed by atoms with van der Waals surface area (Å²) < 4.78 is 6.42. The first-order chi connectivity index (χ1) is 17.3. The summed E-state index contributed by atoms with van der Waals surface area (Å²) in [6.07, 6.45) is 1.77. The number of carbonyl (C=O) groups excluding carboxylic acids is 1. The van der Waals surface area contributed by atoms with E-state index in [2.05, 4.69) is 10.2 Å². The van der Waals surface area contributed by atoms with Crippen LogP contribution in [-0.2, 0) is 22.5 Å². The van der Waals surface area contributed by atoms with Crippen LogP contribution in [0.1, 0.15) is 34.7 Å². The average Bonchev–Trinajstić information content (AvgIpc) is 3.35. The number of hydrogen-bond donors (Lipinski definition) is 4. The molecule has 0 spiro atoms. The van der Waals surface area contributed by atoms with E-state index in [0.717, 1.165) is 11.1 Å². The molecule has 2 aromatic heterocycles. The number of aromatic hydroxyl groups is 3. The molecule has 4 N–H and O–H groups in total. The number of pyridine rings is 1. The molecule has 0 radical (unpaired) electrons. The van der Waals surface area contributed by atoms with E-state index in [4.69, 9.17) is 4.74 Å². The number of phenolic OH excluding ortho intramolecular Hbond substituents is 2. The molecule has 4 aromatic rings. The highest BCUT2D eigenvalue weighted by Crippen LogP contribution is 2.37. The van der Waals surface area contributed by atoms with Crippen molar-refractivity contribution < 1.29 is 24.9 Å². The molecule has 0 fully saturated rings. The maximum Gasteiger partial charge on any atom is 0.306 e. The minimum absolute atomic E-state index is 0.0677. The summed E-state index contributed by atoms with van der Waals surface area (Å²) in [6.45, 7) is 1.96. The molecule has 2 heterocycles. The van der Waals surface area contributed by atoms with Crippen molar-refractivity contribution >= 4 is 5.97 Å². The normalized spacial score (nSPS) is 11.8. The molecule has 9 nitrogen and oxygen atoms in total. The van der Waals surface area contributed by atoms with Crippen LogP contribution < -0.4 is 5.56 Å². The molecule has 0 amide bonds. The maximum atomic E-state index is 13.7. The van der Waals surface area contributed by atoms with E-state index in [9.17, 15) is 24.9 Å². The van der Waals surface area contributed by atoms with Crippen LogP contribution >= 0.6 is 0 Å². The standard InChI is InChI=1S/C27H27N3O6/c1-16-12-23(33)25(27(35)30(16)11-10-17-8-9-21(31)22(32)13-17)19(14-24(34)36-2)20-15-28-29-26(20)18-6-4-3-5-7-18/h3-9,12-13,15,19,31-33H,10-11,14H2,1-2H3,(H,28,29)/t19-/m0/s1. The quantitative estimate of drug-likeness (QED) is 0.219. The van der Waals surface area contributed by atoms with Crippen LogP contribution in [0.3, 0.4) is 0 Å². The molecule has 4 rings (SSSR count). The number of esters is 1. The third kappa shape index (κ3) is 4.95. The van der Waals surface area contributed by atoms with E-state index in [0.29, 0.717) is 23.4 Å². The Morgan fingerprint density at radius 3 is 2.50 bits per heavy atom. The van der Waals surface area contributed by atoms with Crippen molar-refractivity contribution in [1.29, 1.82) is 0 Å². The van der Waals surface area contributed by atoms with Gasteiger partial charge in [0, 0.05) is 23.7 Å². The fourth-order valence-electron chi connectivity index (χ4n) is 4.35. The van der Waals surface area contributed by atoms with Gasteiger partial charge in [0.25, 0.3) is 5.56 Å². The smallest absolute Gasteiger partial charge is 0.306 e. The molecular weight excluding hydrogens is 462 g/mol. The van der Waals surface area contributed by atoms with Gasteiger partial charge in [0.1, 0.15) is 5.75 Å². The predicted octanol–water partition coefficient (Wildman–Crippen LogP) is 3.60. The van der Waals surface area contributed by atoms with Gasteiger partial charge in [-0.3, -0.25) is 14.7 Å². The first-order valence-corrected chi connectivity index (χ1v) is 11.4. The molecule has 0 bridgehead atoms. The number of rotatable bonds is 8. The summed E-state index contributed by atoms with van der Waals surface area (Å²) in [5, 5.41) is 37.4. The third-order valence-electron chi connectivity index (χ3n) is 6.24. The Morgan fingerprint density at radius 1 is 1.06 bits per heavy atom. The second-order valence-electron chi connectivity index (χ2n) is 8.51.